The van der Waals surface area contributed by atoms with Gasteiger partial charge in [-0.15, -0.1) is 0 Å². The van der Waals surface area contributed by atoms with Gasteiger partial charge in [-0.25, -0.2) is 13.8 Å². The van der Waals surface area contributed by atoms with E-state index in [0.29, 0.717) is 6.54 Å². The van der Waals surface area contributed by atoms with E-state index >= 15 is 0 Å². The van der Waals surface area contributed by atoms with Crippen molar-refractivity contribution in [3.05, 3.63) is 18.3 Å². The Balaban J connectivity index is 1.88. The van der Waals surface area contributed by atoms with Crippen LogP contribution < -0.4 is 10.1 Å². The molecule has 0 aliphatic carbocycles. The number of carbonyl (C=O) groups is 2. The van der Waals surface area contributed by atoms with E-state index in [1.54, 1.807) is 7.05 Å². The average molecular weight is 349 g/mol. The van der Waals surface area contributed by atoms with Crippen molar-refractivity contribution in [2.75, 3.05) is 25.5 Å². The second-order valence-electron chi connectivity index (χ2n) is 5.40. The minimum atomic E-state index is -4.27. The number of hydrogen-bond donors (Lipinski definition) is 1. The molecule has 1 N–H and O–H groups in total. The molecular formula is C14H15F4N3O3. The summed E-state index contributed by atoms with van der Waals surface area (Å²) in [6, 6.07) is 2.50. The minimum absolute atomic E-state index is 0.111. The Labute approximate surface area is 134 Å². The molecule has 0 aromatic carbocycles. The summed E-state index contributed by atoms with van der Waals surface area (Å²) in [5.41, 5.74) is 0.273. The smallest absolute Gasteiger partial charge is 0.340 e. The van der Waals surface area contributed by atoms with Crippen molar-refractivity contribution in [1.82, 2.24) is 9.88 Å². The number of nitrogens with one attached hydrogen (secondary N) is 1. The van der Waals surface area contributed by atoms with Gasteiger partial charge in [-0.3, -0.25) is 9.59 Å². The molecule has 1 aromatic rings. The van der Waals surface area contributed by atoms with E-state index in [2.05, 4.69) is 15.0 Å². The van der Waals surface area contributed by atoms with Gasteiger partial charge in [-0.05, 0) is 6.07 Å². The monoisotopic (exact) mass is 349 g/mol. The van der Waals surface area contributed by atoms with Gasteiger partial charge in [0, 0.05) is 26.1 Å². The maximum atomic E-state index is 12.7. The minimum Gasteiger partial charge on any atom is -0.471 e. The van der Waals surface area contributed by atoms with Crippen LogP contribution in [0, 0.1) is 5.92 Å². The Bertz CT molecular complexity index is 610. The first-order valence-electron chi connectivity index (χ1n) is 6.98. The van der Waals surface area contributed by atoms with Crippen molar-refractivity contribution in [2.24, 2.45) is 5.92 Å². The van der Waals surface area contributed by atoms with Gasteiger partial charge >= 0.3 is 12.3 Å². The van der Waals surface area contributed by atoms with Gasteiger partial charge in [-0.2, -0.15) is 8.78 Å². The predicted molar refractivity (Wildman–Crippen MR) is 75.1 cm³/mol. The van der Waals surface area contributed by atoms with Crippen molar-refractivity contribution in [3.63, 3.8) is 0 Å². The van der Waals surface area contributed by atoms with Crippen LogP contribution in [0.15, 0.2) is 18.3 Å². The maximum absolute atomic E-state index is 12.7. The number of hydrogen-bond acceptors (Lipinski definition) is 4. The van der Waals surface area contributed by atoms with E-state index in [0.717, 1.165) is 6.20 Å². The van der Waals surface area contributed by atoms with Gasteiger partial charge in [0.05, 0.1) is 17.8 Å². The first-order chi connectivity index (χ1) is 11.2. The van der Waals surface area contributed by atoms with Gasteiger partial charge < -0.3 is 15.0 Å². The van der Waals surface area contributed by atoms with Crippen LogP contribution in [-0.4, -0.2) is 54.2 Å². The van der Waals surface area contributed by atoms with E-state index in [-0.39, 0.29) is 29.8 Å². The van der Waals surface area contributed by atoms with Crippen molar-refractivity contribution in [3.8, 4) is 5.88 Å². The number of amides is 2. The zero-order valence-corrected chi connectivity index (χ0v) is 12.6. The molecule has 0 radical (unpaired) electrons. The zero-order valence-electron chi connectivity index (χ0n) is 12.6. The lowest BCUT2D eigenvalue weighted by Gasteiger charge is -2.15. The summed E-state index contributed by atoms with van der Waals surface area (Å²) in [4.78, 5) is 28.5. The number of ether oxygens (including phenoxy) is 1. The second kappa shape index (κ2) is 7.02. The SMILES string of the molecule is CN1C[C@@H](C(=O)Nc2ccc(OCC(F)(F)C(F)F)nc2)CC1=O. The van der Waals surface area contributed by atoms with Crippen LogP contribution in [0.2, 0.25) is 0 Å². The molecule has 132 valence electrons. The third kappa shape index (κ3) is 4.33. The third-order valence-corrected chi connectivity index (χ3v) is 3.45. The first kappa shape index (κ1) is 18.0. The van der Waals surface area contributed by atoms with Gasteiger partial charge in [0.1, 0.15) is 0 Å². The summed E-state index contributed by atoms with van der Waals surface area (Å²) in [5.74, 6) is -5.52. The summed E-state index contributed by atoms with van der Waals surface area (Å²) >= 11 is 0. The summed E-state index contributed by atoms with van der Waals surface area (Å²) < 4.78 is 54.0. The van der Waals surface area contributed by atoms with Crippen LogP contribution in [0.4, 0.5) is 23.2 Å². The summed E-state index contributed by atoms with van der Waals surface area (Å²) in [6.45, 7) is -1.19. The van der Waals surface area contributed by atoms with Crippen molar-refractivity contribution in [1.29, 1.82) is 0 Å². The van der Waals surface area contributed by atoms with Crippen LogP contribution in [0.25, 0.3) is 0 Å². The molecule has 0 spiro atoms. The topological polar surface area (TPSA) is 71.5 Å². The van der Waals surface area contributed by atoms with Crippen LogP contribution in [0.1, 0.15) is 6.42 Å². The molecule has 1 atom stereocenters. The number of pyridine rings is 1. The fraction of sp³-hybridized carbons (Fsp3) is 0.500. The molecule has 6 nitrogen and oxygen atoms in total. The summed E-state index contributed by atoms with van der Waals surface area (Å²) in [6.07, 6.45) is -2.57. The van der Waals surface area contributed by atoms with Crippen molar-refractivity contribution in [2.45, 2.75) is 18.8 Å². The molecule has 1 aliphatic rings. The standard InChI is InChI=1S/C14H15F4N3O3/c1-21-6-8(4-11(21)22)12(23)20-9-2-3-10(19-5-9)24-7-14(17,18)13(15)16/h2-3,5,8,13H,4,6-7H2,1H3,(H,20,23)/t8-/m0/s1. The molecule has 0 unspecified atom stereocenters. The number of halogens is 4. The highest BCUT2D eigenvalue weighted by molar-refractivity contribution is 5.97. The molecule has 2 amide bonds. The molecule has 2 rings (SSSR count). The molecule has 1 fully saturated rings. The molecule has 10 heteroatoms. The second-order valence-corrected chi connectivity index (χ2v) is 5.40. The highest BCUT2D eigenvalue weighted by atomic mass is 19.3. The number of carbonyl (C=O) groups excluding carboxylic acids is 2. The van der Waals surface area contributed by atoms with E-state index in [1.165, 1.54) is 17.0 Å². The summed E-state index contributed by atoms with van der Waals surface area (Å²) in [5, 5.41) is 2.54. The maximum Gasteiger partial charge on any atom is 0.340 e. The molecule has 0 saturated carbocycles. The van der Waals surface area contributed by atoms with Crippen molar-refractivity contribution >= 4 is 17.5 Å². The van der Waals surface area contributed by atoms with E-state index < -0.39 is 24.9 Å². The Morgan fingerprint density at radius 2 is 2.21 bits per heavy atom. The molecule has 1 aliphatic heterocycles. The van der Waals surface area contributed by atoms with Crippen LogP contribution >= 0.6 is 0 Å². The third-order valence-electron chi connectivity index (χ3n) is 3.45. The fourth-order valence-electron chi connectivity index (χ4n) is 2.06. The Kier molecular flexibility index (Phi) is 5.25. The van der Waals surface area contributed by atoms with Crippen LogP contribution in [-0.2, 0) is 9.59 Å². The van der Waals surface area contributed by atoms with E-state index in [9.17, 15) is 27.2 Å². The van der Waals surface area contributed by atoms with E-state index in [1.807, 2.05) is 0 Å². The average Bonchev–Trinajstić information content (AvgIpc) is 2.86. The highest BCUT2D eigenvalue weighted by Crippen LogP contribution is 2.24. The quantitative estimate of drug-likeness (QED) is 0.795. The predicted octanol–water partition coefficient (Wildman–Crippen LogP) is 1.78. The zero-order chi connectivity index (χ0) is 17.9. The lowest BCUT2D eigenvalue weighted by atomic mass is 10.1. The fourth-order valence-corrected chi connectivity index (χ4v) is 2.06. The number of nitrogens with zero attached hydrogens (tertiary/aromatic N) is 2. The van der Waals surface area contributed by atoms with Gasteiger partial charge in [0.2, 0.25) is 17.7 Å². The number of alkyl halides is 4. The molecule has 24 heavy (non-hydrogen) atoms. The summed E-state index contributed by atoms with van der Waals surface area (Å²) in [7, 11) is 1.60. The van der Waals surface area contributed by atoms with Crippen molar-refractivity contribution < 1.29 is 31.9 Å². The molecule has 1 saturated heterocycles. The number of rotatable bonds is 6. The number of anilines is 1. The van der Waals surface area contributed by atoms with E-state index in [4.69, 9.17) is 0 Å². The van der Waals surface area contributed by atoms with Crippen LogP contribution in [0.5, 0.6) is 5.88 Å². The van der Waals surface area contributed by atoms with Gasteiger partial charge in [0.25, 0.3) is 0 Å². The Morgan fingerprint density at radius 3 is 2.71 bits per heavy atom. The largest absolute Gasteiger partial charge is 0.471 e. The first-order valence-corrected chi connectivity index (χ1v) is 6.98. The van der Waals surface area contributed by atoms with Gasteiger partial charge in [0.15, 0.2) is 6.61 Å². The van der Waals surface area contributed by atoms with Gasteiger partial charge in [-0.1, -0.05) is 0 Å². The molecule has 1 aromatic heterocycles. The molecule has 0 bridgehead atoms. The number of aromatic nitrogens is 1. The van der Waals surface area contributed by atoms with Crippen LogP contribution in [0.3, 0.4) is 0 Å². The lowest BCUT2D eigenvalue weighted by Crippen LogP contribution is -2.33. The lowest BCUT2D eigenvalue weighted by molar-refractivity contribution is -0.148. The molecule has 2 heterocycles. The Hall–Kier alpha value is -2.39. The Morgan fingerprint density at radius 1 is 1.50 bits per heavy atom. The highest BCUT2D eigenvalue weighted by Gasteiger charge is 2.41. The molecular weight excluding hydrogens is 334 g/mol. The number of likely N-dealkylation sites (tertiary alicyclic amines) is 1. The normalized spacial score (nSPS) is 18.2.